The Bertz CT molecular complexity index is 972. The Morgan fingerprint density at radius 2 is 2.00 bits per heavy atom. The highest BCUT2D eigenvalue weighted by atomic mass is 19.1. The average molecular weight is 385 g/mol. The minimum absolute atomic E-state index is 0.0920. The molecule has 0 aliphatic rings. The number of carboxylic acid groups (broad SMARTS) is 1. The fraction of sp³-hybridized carbons (Fsp3) is 0.250. The van der Waals surface area contributed by atoms with Gasteiger partial charge in [0.05, 0.1) is 18.4 Å². The van der Waals surface area contributed by atoms with Crippen molar-refractivity contribution in [1.29, 1.82) is 0 Å². The zero-order chi connectivity index (χ0) is 20.1. The van der Waals surface area contributed by atoms with Gasteiger partial charge in [-0.2, -0.15) is 9.78 Å². The maximum absolute atomic E-state index is 13.6. The summed E-state index contributed by atoms with van der Waals surface area (Å²) in [5.74, 6) is -0.0416. The van der Waals surface area contributed by atoms with Gasteiger partial charge in [-0.3, -0.25) is 0 Å². The van der Waals surface area contributed by atoms with Crippen molar-refractivity contribution in [1.82, 2.24) is 14.8 Å². The van der Waals surface area contributed by atoms with E-state index in [4.69, 9.17) is 14.6 Å². The van der Waals surface area contributed by atoms with Crippen molar-refractivity contribution in [2.75, 3.05) is 6.61 Å². The highest BCUT2D eigenvalue weighted by Crippen LogP contribution is 2.24. The van der Waals surface area contributed by atoms with Crippen molar-refractivity contribution in [3.8, 4) is 17.4 Å². The van der Waals surface area contributed by atoms with E-state index in [1.165, 1.54) is 41.3 Å². The molecular formula is C20H20FN3O4. The summed E-state index contributed by atoms with van der Waals surface area (Å²) in [6.07, 6.45) is 2.91. The molecule has 1 aromatic carbocycles. The number of carbonyl (C=O) groups is 1. The van der Waals surface area contributed by atoms with E-state index in [0.29, 0.717) is 35.5 Å². The molecule has 2 heterocycles. The molecule has 0 amide bonds. The van der Waals surface area contributed by atoms with Crippen molar-refractivity contribution in [3.63, 3.8) is 0 Å². The molecule has 8 heteroatoms. The van der Waals surface area contributed by atoms with Crippen LogP contribution in [0.25, 0.3) is 5.82 Å². The lowest BCUT2D eigenvalue weighted by atomic mass is 10.2. The van der Waals surface area contributed by atoms with Crippen LogP contribution in [0.5, 0.6) is 11.6 Å². The van der Waals surface area contributed by atoms with E-state index < -0.39 is 5.97 Å². The molecule has 0 fully saturated rings. The smallest absolute Gasteiger partial charge is 0.335 e. The Labute approximate surface area is 161 Å². The third kappa shape index (κ3) is 4.64. The van der Waals surface area contributed by atoms with E-state index in [-0.39, 0.29) is 18.0 Å². The predicted molar refractivity (Wildman–Crippen MR) is 99.4 cm³/mol. The molecule has 0 unspecified atom stereocenters. The molecular weight excluding hydrogens is 365 g/mol. The minimum Gasteiger partial charge on any atom is -0.493 e. The number of rotatable bonds is 8. The second-order valence-electron chi connectivity index (χ2n) is 6.53. The number of hydrogen-bond donors (Lipinski definition) is 1. The molecule has 0 radical (unpaired) electrons. The summed E-state index contributed by atoms with van der Waals surface area (Å²) < 4.78 is 26.5. The van der Waals surface area contributed by atoms with Crippen molar-refractivity contribution in [3.05, 3.63) is 65.7 Å². The summed E-state index contributed by atoms with van der Waals surface area (Å²) in [7, 11) is 0. The molecule has 7 nitrogen and oxygen atoms in total. The summed E-state index contributed by atoms with van der Waals surface area (Å²) in [4.78, 5) is 15.3. The molecule has 0 atom stereocenters. The Morgan fingerprint density at radius 1 is 1.18 bits per heavy atom. The molecule has 0 saturated carbocycles. The molecule has 146 valence electrons. The third-order valence-corrected chi connectivity index (χ3v) is 3.79. The van der Waals surface area contributed by atoms with E-state index in [0.717, 1.165) is 0 Å². The summed E-state index contributed by atoms with van der Waals surface area (Å²) in [6, 6.07) is 8.71. The average Bonchev–Trinajstić information content (AvgIpc) is 3.14. The first-order chi connectivity index (χ1) is 13.4. The van der Waals surface area contributed by atoms with Crippen molar-refractivity contribution in [2.45, 2.75) is 20.5 Å². The first-order valence-corrected chi connectivity index (χ1v) is 8.72. The van der Waals surface area contributed by atoms with Crippen molar-refractivity contribution in [2.24, 2.45) is 5.92 Å². The number of carboxylic acids is 1. The van der Waals surface area contributed by atoms with Crippen LogP contribution in [0.2, 0.25) is 0 Å². The SMILES string of the molecule is CC(C)COc1cc(F)ccc1COc1ccnn1-c1cc(C(=O)O)ccn1. The van der Waals surface area contributed by atoms with E-state index in [1.54, 1.807) is 12.1 Å². The Balaban J connectivity index is 1.79. The van der Waals surface area contributed by atoms with Gasteiger partial charge in [0.1, 0.15) is 18.2 Å². The Kier molecular flexibility index (Phi) is 5.88. The molecule has 0 aliphatic heterocycles. The van der Waals surface area contributed by atoms with Crippen LogP contribution >= 0.6 is 0 Å². The van der Waals surface area contributed by atoms with Crippen LogP contribution in [0.4, 0.5) is 4.39 Å². The van der Waals surface area contributed by atoms with Crippen molar-refractivity contribution >= 4 is 5.97 Å². The lowest BCUT2D eigenvalue weighted by molar-refractivity contribution is 0.0696. The summed E-state index contributed by atoms with van der Waals surface area (Å²) >= 11 is 0. The van der Waals surface area contributed by atoms with Gasteiger partial charge in [-0.15, -0.1) is 0 Å². The first-order valence-electron chi connectivity index (χ1n) is 8.72. The monoisotopic (exact) mass is 385 g/mol. The fourth-order valence-electron chi connectivity index (χ4n) is 2.43. The number of ether oxygens (including phenoxy) is 2. The largest absolute Gasteiger partial charge is 0.493 e. The van der Waals surface area contributed by atoms with Gasteiger partial charge in [0.2, 0.25) is 5.88 Å². The van der Waals surface area contributed by atoms with Gasteiger partial charge in [0.15, 0.2) is 5.82 Å². The zero-order valence-corrected chi connectivity index (χ0v) is 15.5. The molecule has 0 bridgehead atoms. The number of nitrogens with zero attached hydrogens (tertiary/aromatic N) is 3. The van der Waals surface area contributed by atoms with Crippen LogP contribution in [-0.4, -0.2) is 32.4 Å². The molecule has 2 aromatic heterocycles. The van der Waals surface area contributed by atoms with Gasteiger partial charge in [-0.1, -0.05) is 13.8 Å². The maximum Gasteiger partial charge on any atom is 0.335 e. The predicted octanol–water partition coefficient (Wildman–Crippen LogP) is 3.72. The molecule has 3 aromatic rings. The lowest BCUT2D eigenvalue weighted by Gasteiger charge is -2.14. The van der Waals surface area contributed by atoms with Gasteiger partial charge in [0.25, 0.3) is 0 Å². The van der Waals surface area contributed by atoms with Gasteiger partial charge >= 0.3 is 5.97 Å². The standard InChI is InChI=1S/C20H20FN3O4/c1-13(2)11-27-17-10-16(21)4-3-15(17)12-28-19-6-8-23-24(19)18-9-14(20(25)26)5-7-22-18/h3-10,13H,11-12H2,1-2H3,(H,25,26). The number of benzene rings is 1. The number of halogens is 1. The molecule has 0 saturated heterocycles. The second-order valence-corrected chi connectivity index (χ2v) is 6.53. The fourth-order valence-corrected chi connectivity index (χ4v) is 2.43. The number of aromatic nitrogens is 3. The van der Waals surface area contributed by atoms with Gasteiger partial charge in [0, 0.05) is 23.9 Å². The van der Waals surface area contributed by atoms with E-state index in [9.17, 15) is 9.18 Å². The molecule has 28 heavy (non-hydrogen) atoms. The summed E-state index contributed by atoms with van der Waals surface area (Å²) in [5.41, 5.74) is 0.774. The van der Waals surface area contributed by atoms with Gasteiger partial charge < -0.3 is 14.6 Å². The number of hydrogen-bond acceptors (Lipinski definition) is 5. The second kappa shape index (κ2) is 8.51. The molecule has 3 rings (SSSR count). The number of pyridine rings is 1. The topological polar surface area (TPSA) is 86.5 Å². The van der Waals surface area contributed by atoms with E-state index in [1.807, 2.05) is 13.8 Å². The Morgan fingerprint density at radius 3 is 2.75 bits per heavy atom. The van der Waals surface area contributed by atoms with Crippen molar-refractivity contribution < 1.29 is 23.8 Å². The van der Waals surface area contributed by atoms with Crippen LogP contribution in [-0.2, 0) is 6.61 Å². The van der Waals surface area contributed by atoms with E-state index in [2.05, 4.69) is 10.1 Å². The lowest BCUT2D eigenvalue weighted by Crippen LogP contribution is -2.09. The Hall–Kier alpha value is -3.42. The van der Waals surface area contributed by atoms with Gasteiger partial charge in [-0.05, 0) is 30.2 Å². The zero-order valence-electron chi connectivity index (χ0n) is 15.5. The van der Waals surface area contributed by atoms with Crippen LogP contribution in [0.3, 0.4) is 0 Å². The maximum atomic E-state index is 13.6. The molecule has 0 spiro atoms. The van der Waals surface area contributed by atoms with Crippen LogP contribution in [0, 0.1) is 11.7 Å². The summed E-state index contributed by atoms with van der Waals surface area (Å²) in [5, 5.41) is 13.3. The molecule has 1 N–H and O–H groups in total. The van der Waals surface area contributed by atoms with Gasteiger partial charge in [-0.25, -0.2) is 14.2 Å². The highest BCUT2D eigenvalue weighted by Gasteiger charge is 2.13. The van der Waals surface area contributed by atoms with Crippen LogP contribution < -0.4 is 9.47 Å². The highest BCUT2D eigenvalue weighted by molar-refractivity contribution is 5.87. The molecule has 0 aliphatic carbocycles. The first kappa shape index (κ1) is 19.3. The number of aromatic carboxylic acids is 1. The minimum atomic E-state index is -1.06. The normalized spacial score (nSPS) is 10.9. The quantitative estimate of drug-likeness (QED) is 0.636. The van der Waals surface area contributed by atoms with E-state index >= 15 is 0 Å². The van der Waals surface area contributed by atoms with Crippen LogP contribution in [0.1, 0.15) is 29.8 Å². The van der Waals surface area contributed by atoms with Crippen LogP contribution in [0.15, 0.2) is 48.8 Å². The summed E-state index contributed by atoms with van der Waals surface area (Å²) in [6.45, 7) is 4.59. The third-order valence-electron chi connectivity index (χ3n) is 3.79.